The Morgan fingerprint density at radius 1 is 1.50 bits per heavy atom. The number of nitrogens with two attached hydrogens (primary N) is 1. The highest BCUT2D eigenvalue weighted by atomic mass is 16.5. The van der Waals surface area contributed by atoms with Gasteiger partial charge in [-0.2, -0.15) is 0 Å². The summed E-state index contributed by atoms with van der Waals surface area (Å²) in [7, 11) is 1.60. The third-order valence-electron chi connectivity index (χ3n) is 2.12. The van der Waals surface area contributed by atoms with Crippen molar-refractivity contribution < 1.29 is 9.53 Å². The third-order valence-corrected chi connectivity index (χ3v) is 2.12. The minimum atomic E-state index is -0.396. The first-order valence-corrected chi connectivity index (χ1v) is 4.66. The lowest BCUT2D eigenvalue weighted by Crippen LogP contribution is -2.14. The molecule has 14 heavy (non-hydrogen) atoms. The number of hydrogen-bond acceptors (Lipinski definition) is 2. The highest BCUT2D eigenvalue weighted by Gasteiger charge is 2.11. The average molecular weight is 193 g/mol. The molecule has 0 aliphatic carbocycles. The van der Waals surface area contributed by atoms with Gasteiger partial charge in [-0.25, -0.2) is 0 Å². The third kappa shape index (κ3) is 2.05. The van der Waals surface area contributed by atoms with Crippen molar-refractivity contribution in [2.24, 2.45) is 5.73 Å². The molecule has 1 aromatic carbocycles. The van der Waals surface area contributed by atoms with Crippen LogP contribution in [0.5, 0.6) is 5.75 Å². The van der Waals surface area contributed by atoms with Crippen molar-refractivity contribution in [1.29, 1.82) is 0 Å². The summed E-state index contributed by atoms with van der Waals surface area (Å²) < 4.78 is 5.18. The molecule has 0 aliphatic rings. The van der Waals surface area contributed by atoms with Crippen LogP contribution in [0.15, 0.2) is 18.2 Å². The molecule has 76 valence electrons. The van der Waals surface area contributed by atoms with Crippen LogP contribution < -0.4 is 10.5 Å². The van der Waals surface area contributed by atoms with Gasteiger partial charge in [0.05, 0.1) is 7.11 Å². The molecular weight excluding hydrogens is 178 g/mol. The minimum absolute atomic E-state index is 0.396. The summed E-state index contributed by atoms with van der Waals surface area (Å²) in [6, 6.07) is 5.35. The second kappa shape index (κ2) is 4.65. The fourth-order valence-electron chi connectivity index (χ4n) is 1.50. The Morgan fingerprint density at radius 2 is 2.21 bits per heavy atom. The fourth-order valence-corrected chi connectivity index (χ4v) is 1.50. The second-order valence-electron chi connectivity index (χ2n) is 3.10. The van der Waals surface area contributed by atoms with Gasteiger partial charge in [0.25, 0.3) is 0 Å². The highest BCUT2D eigenvalue weighted by molar-refractivity contribution is 5.95. The van der Waals surface area contributed by atoms with Crippen LogP contribution in [0, 0.1) is 0 Å². The van der Waals surface area contributed by atoms with Gasteiger partial charge < -0.3 is 10.5 Å². The van der Waals surface area contributed by atoms with Crippen molar-refractivity contribution in [1.82, 2.24) is 0 Å². The summed E-state index contributed by atoms with van der Waals surface area (Å²) >= 11 is 0. The molecule has 0 bridgehead atoms. The van der Waals surface area contributed by atoms with Crippen molar-refractivity contribution in [2.45, 2.75) is 19.8 Å². The summed E-state index contributed by atoms with van der Waals surface area (Å²) in [5.74, 6) is 0.343. The van der Waals surface area contributed by atoms with E-state index in [0.717, 1.165) is 24.2 Å². The van der Waals surface area contributed by atoms with E-state index in [-0.39, 0.29) is 0 Å². The van der Waals surface area contributed by atoms with Gasteiger partial charge in [-0.3, -0.25) is 4.79 Å². The smallest absolute Gasteiger partial charge is 0.249 e. The van der Waals surface area contributed by atoms with Gasteiger partial charge in [-0.05, 0) is 18.6 Å². The van der Waals surface area contributed by atoms with E-state index in [1.54, 1.807) is 19.2 Å². The van der Waals surface area contributed by atoms with Gasteiger partial charge >= 0.3 is 0 Å². The Bertz CT molecular complexity index is 334. The lowest BCUT2D eigenvalue weighted by molar-refractivity contribution is 0.0999. The van der Waals surface area contributed by atoms with Crippen molar-refractivity contribution in [3.8, 4) is 5.75 Å². The van der Waals surface area contributed by atoms with Gasteiger partial charge in [-0.1, -0.05) is 19.4 Å². The molecule has 0 spiro atoms. The zero-order valence-electron chi connectivity index (χ0n) is 8.54. The van der Waals surface area contributed by atoms with Crippen LogP contribution in [-0.4, -0.2) is 13.0 Å². The van der Waals surface area contributed by atoms with Gasteiger partial charge in [0, 0.05) is 11.1 Å². The predicted octanol–water partition coefficient (Wildman–Crippen LogP) is 1.75. The standard InChI is InChI=1S/C11H15NO2/c1-3-5-8-9(11(12)13)6-4-7-10(8)14-2/h4,6-7H,3,5H2,1-2H3,(H2,12,13). The van der Waals surface area contributed by atoms with Gasteiger partial charge in [0.1, 0.15) is 5.75 Å². The Kier molecular flexibility index (Phi) is 3.51. The second-order valence-corrected chi connectivity index (χ2v) is 3.10. The zero-order valence-corrected chi connectivity index (χ0v) is 8.54. The fraction of sp³-hybridized carbons (Fsp3) is 0.364. The maximum Gasteiger partial charge on any atom is 0.249 e. The summed E-state index contributed by atoms with van der Waals surface area (Å²) in [6.07, 6.45) is 1.77. The molecule has 1 aromatic rings. The van der Waals surface area contributed by atoms with Crippen molar-refractivity contribution in [3.63, 3.8) is 0 Å². The Labute approximate surface area is 83.9 Å². The summed E-state index contributed by atoms with van der Waals surface area (Å²) in [6.45, 7) is 2.05. The van der Waals surface area contributed by atoms with Crippen LogP contribution in [-0.2, 0) is 6.42 Å². The molecular formula is C11H15NO2. The van der Waals surface area contributed by atoms with Crippen LogP contribution in [0.4, 0.5) is 0 Å². The molecule has 1 rings (SSSR count). The van der Waals surface area contributed by atoms with Crippen LogP contribution >= 0.6 is 0 Å². The number of hydrogen-bond donors (Lipinski definition) is 1. The molecule has 0 fully saturated rings. The van der Waals surface area contributed by atoms with Crippen molar-refractivity contribution >= 4 is 5.91 Å². The first-order valence-electron chi connectivity index (χ1n) is 4.66. The molecule has 3 heteroatoms. The number of ether oxygens (including phenoxy) is 1. The van der Waals surface area contributed by atoms with Crippen molar-refractivity contribution in [3.05, 3.63) is 29.3 Å². The average Bonchev–Trinajstić information content (AvgIpc) is 2.18. The molecule has 3 nitrogen and oxygen atoms in total. The van der Waals surface area contributed by atoms with Crippen LogP contribution in [0.2, 0.25) is 0 Å². The van der Waals surface area contributed by atoms with Crippen molar-refractivity contribution in [2.75, 3.05) is 7.11 Å². The molecule has 1 amide bonds. The van der Waals surface area contributed by atoms with Gasteiger partial charge in [0.2, 0.25) is 5.91 Å². The van der Waals surface area contributed by atoms with E-state index in [2.05, 4.69) is 6.92 Å². The Morgan fingerprint density at radius 3 is 2.71 bits per heavy atom. The number of primary amides is 1. The largest absolute Gasteiger partial charge is 0.496 e. The molecule has 0 radical (unpaired) electrons. The molecule has 0 aromatic heterocycles. The van der Waals surface area contributed by atoms with E-state index in [1.165, 1.54) is 0 Å². The quantitative estimate of drug-likeness (QED) is 0.792. The maximum absolute atomic E-state index is 11.1. The summed E-state index contributed by atoms with van der Waals surface area (Å²) in [4.78, 5) is 11.1. The SMILES string of the molecule is CCCc1c(OC)cccc1C(N)=O. The highest BCUT2D eigenvalue weighted by Crippen LogP contribution is 2.23. The number of carbonyl (C=O) groups is 1. The van der Waals surface area contributed by atoms with Gasteiger partial charge in [-0.15, -0.1) is 0 Å². The molecule has 0 heterocycles. The molecule has 0 atom stereocenters. The van der Waals surface area contributed by atoms with Crippen LogP contribution in [0.1, 0.15) is 29.3 Å². The van der Waals surface area contributed by atoms with Gasteiger partial charge in [0.15, 0.2) is 0 Å². The van der Waals surface area contributed by atoms with E-state index in [1.807, 2.05) is 6.07 Å². The molecule has 0 saturated heterocycles. The molecule has 2 N–H and O–H groups in total. The summed E-state index contributed by atoms with van der Waals surface area (Å²) in [5.41, 5.74) is 6.74. The summed E-state index contributed by atoms with van der Waals surface area (Å²) in [5, 5.41) is 0. The minimum Gasteiger partial charge on any atom is -0.496 e. The van der Waals surface area contributed by atoms with Crippen LogP contribution in [0.25, 0.3) is 0 Å². The number of rotatable bonds is 4. The lowest BCUT2D eigenvalue weighted by Gasteiger charge is -2.10. The van der Waals surface area contributed by atoms with E-state index in [4.69, 9.17) is 10.5 Å². The monoisotopic (exact) mass is 193 g/mol. The Hall–Kier alpha value is -1.51. The normalized spacial score (nSPS) is 9.86. The topological polar surface area (TPSA) is 52.3 Å². The lowest BCUT2D eigenvalue weighted by atomic mass is 10.0. The molecule has 0 saturated carbocycles. The predicted molar refractivity (Wildman–Crippen MR) is 55.5 cm³/mol. The Balaban J connectivity index is 3.20. The number of methoxy groups -OCH3 is 1. The molecule has 0 aliphatic heterocycles. The number of benzene rings is 1. The first-order chi connectivity index (χ1) is 6.70. The molecule has 0 unspecified atom stereocenters. The number of amides is 1. The van der Waals surface area contributed by atoms with E-state index >= 15 is 0 Å². The zero-order chi connectivity index (χ0) is 10.6. The van der Waals surface area contributed by atoms with E-state index < -0.39 is 5.91 Å². The maximum atomic E-state index is 11.1. The van der Waals surface area contributed by atoms with E-state index in [0.29, 0.717) is 5.56 Å². The van der Waals surface area contributed by atoms with Crippen LogP contribution in [0.3, 0.4) is 0 Å². The number of carbonyl (C=O) groups excluding carboxylic acids is 1. The van der Waals surface area contributed by atoms with E-state index in [9.17, 15) is 4.79 Å². The first kappa shape index (κ1) is 10.6.